The second-order valence-electron chi connectivity index (χ2n) is 6.51. The highest BCUT2D eigenvalue weighted by molar-refractivity contribution is 6.02. The van der Waals surface area contributed by atoms with Crippen molar-refractivity contribution in [3.8, 4) is 5.88 Å². The molecule has 0 N–H and O–H groups in total. The second-order valence-corrected chi connectivity index (χ2v) is 6.51. The van der Waals surface area contributed by atoms with Gasteiger partial charge in [-0.15, -0.1) is 0 Å². The Morgan fingerprint density at radius 1 is 1.43 bits per heavy atom. The van der Waals surface area contributed by atoms with E-state index in [4.69, 9.17) is 4.74 Å². The molecule has 1 amide bonds. The summed E-state index contributed by atoms with van der Waals surface area (Å²) in [5.74, 6) is -1.52. The summed E-state index contributed by atoms with van der Waals surface area (Å²) in [6.07, 6.45) is -1.13. The maximum Gasteiger partial charge on any atom is 0.310 e. The van der Waals surface area contributed by atoms with Crippen LogP contribution in [0.25, 0.3) is 0 Å². The van der Waals surface area contributed by atoms with Crippen LogP contribution < -0.4 is 9.84 Å². The van der Waals surface area contributed by atoms with Crippen molar-refractivity contribution in [3.63, 3.8) is 0 Å². The number of carboxylic acids is 1. The molecule has 1 aromatic carbocycles. The molecule has 0 fully saturated rings. The van der Waals surface area contributed by atoms with Crippen LogP contribution in [-0.4, -0.2) is 34.8 Å². The van der Waals surface area contributed by atoms with E-state index in [1.165, 1.54) is 17.2 Å². The van der Waals surface area contributed by atoms with Crippen molar-refractivity contribution in [3.05, 3.63) is 64.3 Å². The molecule has 8 heteroatoms. The van der Waals surface area contributed by atoms with Gasteiger partial charge in [0.25, 0.3) is 6.43 Å². The maximum atomic E-state index is 12.8. The number of carbonyl (C=O) groups is 2. The molecule has 1 unspecified atom stereocenters. The van der Waals surface area contributed by atoms with Crippen LogP contribution in [0, 0.1) is 6.92 Å². The fourth-order valence-electron chi connectivity index (χ4n) is 3.21. The minimum absolute atomic E-state index is 0.0203. The number of carbonyl (C=O) groups excluding carboxylic acids is 2. The molecular formula is C20H18F2N2O4. The zero-order valence-corrected chi connectivity index (χ0v) is 15.3. The third-order valence-electron chi connectivity index (χ3n) is 4.67. The zero-order valence-electron chi connectivity index (χ0n) is 15.3. The van der Waals surface area contributed by atoms with Gasteiger partial charge in [0.15, 0.2) is 6.61 Å². The number of halogens is 2. The Morgan fingerprint density at radius 3 is 2.82 bits per heavy atom. The first-order chi connectivity index (χ1) is 13.3. The molecule has 0 bridgehead atoms. The van der Waals surface area contributed by atoms with Crippen LogP contribution in [0.1, 0.15) is 50.4 Å². The Morgan fingerprint density at radius 2 is 2.18 bits per heavy atom. The van der Waals surface area contributed by atoms with Crippen LogP contribution >= 0.6 is 0 Å². The van der Waals surface area contributed by atoms with E-state index in [1.807, 2.05) is 0 Å². The lowest BCUT2D eigenvalue weighted by atomic mass is 10.1. The Balaban J connectivity index is 1.87. The number of rotatable bonds is 6. The standard InChI is InChI=1S/C20H18F2N2O4/c1-11-7-13(8-23-18(11)28-10-17(21)22)12(2)24-9-16-14(19(24)25)5-3-4-6-15(16)20(26)27/h3-8,12,17H,9-10H2,1-2H3. The van der Waals surface area contributed by atoms with E-state index >= 15 is 0 Å². The highest BCUT2D eigenvalue weighted by atomic mass is 19.3. The van der Waals surface area contributed by atoms with Gasteiger partial charge in [0.1, 0.15) is 22.7 Å². The number of aromatic carboxylic acids is 1. The van der Waals surface area contributed by atoms with E-state index in [0.717, 1.165) is 0 Å². The smallest absolute Gasteiger partial charge is 0.310 e. The summed E-state index contributed by atoms with van der Waals surface area (Å²) in [6.45, 7) is 2.85. The molecule has 2 heterocycles. The molecule has 6 nitrogen and oxygen atoms in total. The number of pyridine rings is 1. The third-order valence-corrected chi connectivity index (χ3v) is 4.67. The molecule has 3 rings (SSSR count). The van der Waals surface area contributed by atoms with Crippen molar-refractivity contribution in [1.29, 1.82) is 0 Å². The monoisotopic (exact) mass is 388 g/mol. The number of hydrogen-bond acceptors (Lipinski definition) is 5. The highest BCUT2D eigenvalue weighted by Gasteiger charge is 2.37. The summed E-state index contributed by atoms with van der Waals surface area (Å²) in [5.41, 5.74) is 1.95. The van der Waals surface area contributed by atoms with Gasteiger partial charge in [-0.3, -0.25) is 4.79 Å². The van der Waals surface area contributed by atoms with Gasteiger partial charge >= 0.3 is 5.91 Å². The molecule has 1 aliphatic heterocycles. The Labute approximate surface area is 160 Å². The first-order valence-electron chi connectivity index (χ1n) is 8.64. The van der Waals surface area contributed by atoms with Crippen LogP contribution in [0.3, 0.4) is 0 Å². The molecule has 0 saturated heterocycles. The predicted octanol–water partition coefficient (Wildman–Crippen LogP) is 2.40. The normalized spacial score (nSPS) is 14.2. The third kappa shape index (κ3) is 3.76. The molecule has 1 atom stereocenters. The second kappa shape index (κ2) is 7.84. The molecule has 0 aliphatic carbocycles. The Bertz CT molecular complexity index is 940. The van der Waals surface area contributed by atoms with Crippen LogP contribution in [0.2, 0.25) is 0 Å². The van der Waals surface area contributed by atoms with Gasteiger partial charge in [0, 0.05) is 30.0 Å². The molecule has 2 aromatic rings. The first-order valence-corrected chi connectivity index (χ1v) is 8.64. The quantitative estimate of drug-likeness (QED) is 0.710. The maximum absolute atomic E-state index is 12.8. The SMILES string of the molecule is Cc1cc(C(C)N2Cc3c(cccc[c+]3C(=O)[O-])C2=O)cnc1OCC(F)F. The lowest BCUT2D eigenvalue weighted by Gasteiger charge is -2.24. The minimum atomic E-state index is -2.60. The molecule has 1 aromatic heterocycles. The van der Waals surface area contributed by atoms with Crippen LogP contribution in [-0.2, 0) is 6.54 Å². The number of fused-ring (bicyclic) bond motifs is 1. The molecule has 1 aliphatic rings. The molecule has 146 valence electrons. The van der Waals surface area contributed by atoms with Crippen LogP contribution in [0.4, 0.5) is 8.78 Å². The molecule has 0 saturated carbocycles. The number of alkyl halides is 2. The average Bonchev–Trinajstić information content (AvgIpc) is 2.83. The van der Waals surface area contributed by atoms with Crippen molar-refractivity contribution in [1.82, 2.24) is 9.88 Å². The van der Waals surface area contributed by atoms with Crippen molar-refractivity contribution >= 4 is 11.9 Å². The van der Waals surface area contributed by atoms with Gasteiger partial charge in [-0.25, -0.2) is 13.8 Å². The predicted molar refractivity (Wildman–Crippen MR) is 93.9 cm³/mol. The molecular weight excluding hydrogens is 370 g/mol. The fraction of sp³-hybridized carbons (Fsp3) is 0.300. The van der Waals surface area contributed by atoms with Crippen LogP contribution in [0.15, 0.2) is 36.5 Å². The number of aromatic nitrogens is 1. The number of carboxylic acid groups (broad SMARTS) is 1. The Hall–Kier alpha value is -3.16. The number of nitrogens with zero attached hydrogens (tertiary/aromatic N) is 2. The van der Waals surface area contributed by atoms with Gasteiger partial charge < -0.3 is 19.5 Å². The Kier molecular flexibility index (Phi) is 5.48. The summed E-state index contributed by atoms with van der Waals surface area (Å²) >= 11 is 0. The average molecular weight is 388 g/mol. The van der Waals surface area contributed by atoms with Gasteiger partial charge in [0.05, 0.1) is 18.7 Å². The lowest BCUT2D eigenvalue weighted by molar-refractivity contribution is -0.255. The van der Waals surface area contributed by atoms with Gasteiger partial charge in [-0.05, 0) is 25.5 Å². The van der Waals surface area contributed by atoms with Gasteiger partial charge in [0.2, 0.25) is 5.88 Å². The fourth-order valence-corrected chi connectivity index (χ4v) is 3.21. The van der Waals surface area contributed by atoms with Crippen molar-refractivity contribution < 1.29 is 28.2 Å². The minimum Gasteiger partial charge on any atom is -0.532 e. The van der Waals surface area contributed by atoms with E-state index in [-0.39, 0.29) is 23.9 Å². The largest absolute Gasteiger partial charge is 0.532 e. The number of aryl methyl sites for hydroxylation is 1. The van der Waals surface area contributed by atoms with Crippen molar-refractivity contribution in [2.45, 2.75) is 32.9 Å². The summed E-state index contributed by atoms with van der Waals surface area (Å²) < 4.78 is 29.6. The number of ether oxygens (including phenoxy) is 1. The first kappa shape index (κ1) is 19.6. The zero-order chi connectivity index (χ0) is 20.4. The summed E-state index contributed by atoms with van der Waals surface area (Å²) in [4.78, 5) is 29.9. The van der Waals surface area contributed by atoms with E-state index in [9.17, 15) is 23.5 Å². The lowest BCUT2D eigenvalue weighted by Crippen LogP contribution is -2.28. The summed E-state index contributed by atoms with van der Waals surface area (Å²) in [7, 11) is 0. The van der Waals surface area contributed by atoms with E-state index in [2.05, 4.69) is 4.98 Å². The number of hydrogen-bond donors (Lipinski definition) is 0. The summed E-state index contributed by atoms with van der Waals surface area (Å²) in [5, 5.41) is 11.4. The van der Waals surface area contributed by atoms with E-state index in [0.29, 0.717) is 22.3 Å². The van der Waals surface area contributed by atoms with E-state index in [1.54, 1.807) is 38.1 Å². The van der Waals surface area contributed by atoms with Crippen LogP contribution in [0.5, 0.6) is 5.88 Å². The van der Waals surface area contributed by atoms with Crippen molar-refractivity contribution in [2.24, 2.45) is 0 Å². The highest BCUT2D eigenvalue weighted by Crippen LogP contribution is 2.33. The van der Waals surface area contributed by atoms with Gasteiger partial charge in [-0.1, -0.05) is 0 Å². The van der Waals surface area contributed by atoms with Gasteiger partial charge in [-0.2, -0.15) is 0 Å². The molecule has 0 radical (unpaired) electrons. The van der Waals surface area contributed by atoms with E-state index < -0.39 is 25.0 Å². The van der Waals surface area contributed by atoms with Crippen molar-refractivity contribution in [2.75, 3.05) is 6.61 Å². The molecule has 0 spiro atoms. The topological polar surface area (TPSA) is 82.6 Å². The number of amides is 1. The molecule has 28 heavy (non-hydrogen) atoms. The summed E-state index contributed by atoms with van der Waals surface area (Å²) in [6, 6.07) is 7.47.